The molecule has 4 rings (SSSR count). The fourth-order valence-corrected chi connectivity index (χ4v) is 3.36. The highest BCUT2D eigenvalue weighted by molar-refractivity contribution is 6.09. The first-order chi connectivity index (χ1) is 15.7. The summed E-state index contributed by atoms with van der Waals surface area (Å²) in [5.41, 5.74) is 4.53. The minimum absolute atomic E-state index is 0.0459. The van der Waals surface area contributed by atoms with Crippen molar-refractivity contribution in [3.8, 4) is 6.07 Å². The van der Waals surface area contributed by atoms with Crippen LogP contribution in [0.5, 0.6) is 0 Å². The van der Waals surface area contributed by atoms with Crippen LogP contribution < -0.4 is 10.2 Å². The molecule has 4 aromatic carbocycles. The lowest BCUT2D eigenvalue weighted by Gasteiger charge is -2.25. The Morgan fingerprint density at radius 2 is 1.16 bits per heavy atom. The molecule has 4 aromatic rings. The summed E-state index contributed by atoms with van der Waals surface area (Å²) >= 11 is 0. The molecule has 0 unspecified atom stereocenters. The van der Waals surface area contributed by atoms with Gasteiger partial charge in [-0.3, -0.25) is 4.79 Å². The van der Waals surface area contributed by atoms with E-state index in [0.29, 0.717) is 5.69 Å². The van der Waals surface area contributed by atoms with Gasteiger partial charge in [-0.2, -0.15) is 5.26 Å². The SMILES string of the molecule is N#CC(=Cc1ccc(N(c2ccccc2)c2ccccc2)cc1)C(=O)Nc1ccccc1. The first kappa shape index (κ1) is 20.6. The van der Waals surface area contributed by atoms with Gasteiger partial charge in [-0.05, 0) is 60.2 Å². The standard InChI is InChI=1S/C28H21N3O/c29-21-23(28(32)30-24-10-4-1-5-11-24)20-22-16-18-27(19-17-22)31(25-12-6-2-7-13-25)26-14-8-3-9-15-26/h1-20H,(H,30,32). The zero-order chi connectivity index (χ0) is 22.2. The van der Waals surface area contributed by atoms with Crippen LogP contribution in [0.15, 0.2) is 121 Å². The highest BCUT2D eigenvalue weighted by atomic mass is 16.1. The molecule has 0 saturated heterocycles. The fraction of sp³-hybridized carbons (Fsp3) is 0. The molecule has 0 atom stereocenters. The average Bonchev–Trinajstić information content (AvgIpc) is 2.85. The summed E-state index contributed by atoms with van der Waals surface area (Å²) in [6, 6.07) is 39.1. The van der Waals surface area contributed by atoms with Crippen molar-refractivity contribution < 1.29 is 4.79 Å². The van der Waals surface area contributed by atoms with E-state index in [1.807, 2.05) is 84.9 Å². The molecule has 154 valence electrons. The number of benzene rings is 4. The summed E-state index contributed by atoms with van der Waals surface area (Å²) in [7, 11) is 0. The molecule has 1 N–H and O–H groups in total. The maximum Gasteiger partial charge on any atom is 0.266 e. The summed E-state index contributed by atoms with van der Waals surface area (Å²) in [4.78, 5) is 14.6. The number of anilines is 4. The quantitative estimate of drug-likeness (QED) is 0.281. The van der Waals surface area contributed by atoms with E-state index in [1.54, 1.807) is 18.2 Å². The topological polar surface area (TPSA) is 56.1 Å². The van der Waals surface area contributed by atoms with Crippen LogP contribution in [-0.2, 0) is 4.79 Å². The maximum absolute atomic E-state index is 12.5. The van der Waals surface area contributed by atoms with Gasteiger partial charge in [0.1, 0.15) is 11.6 Å². The van der Waals surface area contributed by atoms with Crippen molar-refractivity contribution in [1.29, 1.82) is 5.26 Å². The number of carbonyl (C=O) groups excluding carboxylic acids is 1. The van der Waals surface area contributed by atoms with Gasteiger partial charge in [0.05, 0.1) is 0 Å². The van der Waals surface area contributed by atoms with E-state index in [9.17, 15) is 10.1 Å². The third kappa shape index (κ3) is 4.92. The van der Waals surface area contributed by atoms with Crippen LogP contribution in [0.1, 0.15) is 5.56 Å². The second kappa shape index (κ2) is 9.92. The number of nitrogens with one attached hydrogen (secondary N) is 1. The van der Waals surface area contributed by atoms with Gasteiger partial charge in [0, 0.05) is 22.7 Å². The number of hydrogen-bond acceptors (Lipinski definition) is 3. The van der Waals surface area contributed by atoms with E-state index in [4.69, 9.17) is 0 Å². The molecule has 0 aliphatic carbocycles. The molecule has 0 aliphatic rings. The third-order valence-corrected chi connectivity index (χ3v) is 4.89. The van der Waals surface area contributed by atoms with E-state index >= 15 is 0 Å². The van der Waals surface area contributed by atoms with Gasteiger partial charge < -0.3 is 10.2 Å². The van der Waals surface area contributed by atoms with E-state index in [0.717, 1.165) is 22.6 Å². The Hall–Kier alpha value is -4.62. The highest BCUT2D eigenvalue weighted by Crippen LogP contribution is 2.34. The second-order valence-electron chi connectivity index (χ2n) is 7.09. The van der Waals surface area contributed by atoms with Crippen LogP contribution in [0.2, 0.25) is 0 Å². The Labute approximate surface area is 187 Å². The molecule has 4 heteroatoms. The largest absolute Gasteiger partial charge is 0.321 e. The maximum atomic E-state index is 12.5. The van der Waals surface area contributed by atoms with Crippen LogP contribution in [0.25, 0.3) is 6.08 Å². The van der Waals surface area contributed by atoms with E-state index in [2.05, 4.69) is 34.5 Å². The molecule has 0 aliphatic heterocycles. The molecule has 0 heterocycles. The molecule has 4 nitrogen and oxygen atoms in total. The van der Waals surface area contributed by atoms with Crippen molar-refractivity contribution in [3.63, 3.8) is 0 Å². The first-order valence-corrected chi connectivity index (χ1v) is 10.2. The Morgan fingerprint density at radius 3 is 1.66 bits per heavy atom. The van der Waals surface area contributed by atoms with Gasteiger partial charge in [0.2, 0.25) is 0 Å². The summed E-state index contributed by atoms with van der Waals surface area (Å²) in [5, 5.41) is 12.2. The van der Waals surface area contributed by atoms with Gasteiger partial charge in [0.25, 0.3) is 5.91 Å². The molecule has 1 amide bonds. The van der Waals surface area contributed by atoms with Crippen LogP contribution >= 0.6 is 0 Å². The number of nitrogens with zero attached hydrogens (tertiary/aromatic N) is 2. The molecule has 0 fully saturated rings. The van der Waals surface area contributed by atoms with Crippen LogP contribution in [0, 0.1) is 11.3 Å². The smallest absolute Gasteiger partial charge is 0.266 e. The van der Waals surface area contributed by atoms with Crippen molar-refractivity contribution in [2.45, 2.75) is 0 Å². The lowest BCUT2D eigenvalue weighted by molar-refractivity contribution is -0.112. The molecule has 0 bridgehead atoms. The molecule has 0 spiro atoms. The van der Waals surface area contributed by atoms with Crippen LogP contribution in [0.3, 0.4) is 0 Å². The molecule has 0 radical (unpaired) electrons. The number of hydrogen-bond donors (Lipinski definition) is 1. The van der Waals surface area contributed by atoms with E-state index in [1.165, 1.54) is 0 Å². The second-order valence-corrected chi connectivity index (χ2v) is 7.09. The van der Waals surface area contributed by atoms with Gasteiger partial charge >= 0.3 is 0 Å². The number of nitriles is 1. The molecular formula is C28H21N3O. The summed E-state index contributed by atoms with van der Waals surface area (Å²) < 4.78 is 0. The van der Waals surface area contributed by atoms with Gasteiger partial charge in [-0.25, -0.2) is 0 Å². The minimum Gasteiger partial charge on any atom is -0.321 e. The lowest BCUT2D eigenvalue weighted by atomic mass is 10.1. The normalized spacial score (nSPS) is 10.8. The van der Waals surface area contributed by atoms with E-state index < -0.39 is 5.91 Å². The highest BCUT2D eigenvalue weighted by Gasteiger charge is 2.12. The summed E-state index contributed by atoms with van der Waals surface area (Å²) in [5.74, 6) is -0.432. The zero-order valence-electron chi connectivity index (χ0n) is 17.3. The summed E-state index contributed by atoms with van der Waals surface area (Å²) in [6.07, 6.45) is 1.59. The number of para-hydroxylation sites is 3. The predicted molar refractivity (Wildman–Crippen MR) is 130 cm³/mol. The third-order valence-electron chi connectivity index (χ3n) is 4.89. The van der Waals surface area contributed by atoms with Crippen molar-refractivity contribution >= 4 is 34.7 Å². The average molecular weight is 415 g/mol. The molecule has 0 saturated carbocycles. The summed E-state index contributed by atoms with van der Waals surface area (Å²) in [6.45, 7) is 0. The van der Waals surface area contributed by atoms with Gasteiger partial charge in [0.15, 0.2) is 0 Å². The van der Waals surface area contributed by atoms with Crippen molar-refractivity contribution in [2.75, 3.05) is 10.2 Å². The Bertz CT molecular complexity index is 1200. The predicted octanol–water partition coefficient (Wildman–Crippen LogP) is 6.70. The first-order valence-electron chi connectivity index (χ1n) is 10.2. The van der Waals surface area contributed by atoms with Crippen molar-refractivity contribution in [1.82, 2.24) is 0 Å². The Balaban J connectivity index is 1.61. The van der Waals surface area contributed by atoms with Crippen LogP contribution in [0.4, 0.5) is 22.7 Å². The zero-order valence-corrected chi connectivity index (χ0v) is 17.3. The fourth-order valence-electron chi connectivity index (χ4n) is 3.36. The van der Waals surface area contributed by atoms with Gasteiger partial charge in [-0.15, -0.1) is 0 Å². The van der Waals surface area contributed by atoms with Crippen LogP contribution in [-0.4, -0.2) is 5.91 Å². The Kier molecular flexibility index (Phi) is 6.40. The number of carbonyl (C=O) groups is 1. The number of amides is 1. The lowest BCUT2D eigenvalue weighted by Crippen LogP contribution is -2.13. The van der Waals surface area contributed by atoms with E-state index in [-0.39, 0.29) is 5.57 Å². The molecule has 32 heavy (non-hydrogen) atoms. The van der Waals surface area contributed by atoms with Crippen molar-refractivity contribution in [2.24, 2.45) is 0 Å². The minimum atomic E-state index is -0.432. The monoisotopic (exact) mass is 415 g/mol. The molecule has 0 aromatic heterocycles. The Morgan fingerprint density at radius 1 is 0.688 bits per heavy atom. The number of rotatable bonds is 6. The van der Waals surface area contributed by atoms with Gasteiger partial charge in [-0.1, -0.05) is 66.7 Å². The molecular weight excluding hydrogens is 394 g/mol. The van der Waals surface area contributed by atoms with Crippen molar-refractivity contribution in [3.05, 3.63) is 126 Å².